The third-order valence-corrected chi connectivity index (χ3v) is 4.48. The van der Waals surface area contributed by atoms with Gasteiger partial charge in [0, 0.05) is 36.8 Å². The van der Waals surface area contributed by atoms with Gasteiger partial charge in [0.15, 0.2) is 0 Å². The number of benzene rings is 1. The molecule has 20 heavy (non-hydrogen) atoms. The normalized spacial score (nSPS) is 13.5. The van der Waals surface area contributed by atoms with Gasteiger partial charge in [-0.1, -0.05) is 12.1 Å². The topological polar surface area (TPSA) is 94.3 Å². The van der Waals surface area contributed by atoms with E-state index in [-0.39, 0.29) is 18.0 Å². The number of ether oxygens (including phenoxy) is 1. The Morgan fingerprint density at radius 3 is 2.90 bits per heavy atom. The SMILES string of the molecule is COCC(CN)NS(=O)(=O)c1cccc2cnccc12. The first-order chi connectivity index (χ1) is 9.58. The quantitative estimate of drug-likeness (QED) is 0.808. The average Bonchev–Trinajstić information content (AvgIpc) is 2.46. The van der Waals surface area contributed by atoms with E-state index < -0.39 is 16.1 Å². The van der Waals surface area contributed by atoms with Gasteiger partial charge in [-0.2, -0.15) is 0 Å². The van der Waals surface area contributed by atoms with Crippen LogP contribution in [0.1, 0.15) is 0 Å². The highest BCUT2D eigenvalue weighted by Gasteiger charge is 2.21. The van der Waals surface area contributed by atoms with E-state index in [1.54, 1.807) is 30.6 Å². The molecule has 108 valence electrons. The largest absolute Gasteiger partial charge is 0.383 e. The molecular weight excluding hydrogens is 278 g/mol. The van der Waals surface area contributed by atoms with Crippen molar-refractivity contribution in [2.75, 3.05) is 20.3 Å². The molecule has 0 aliphatic heterocycles. The Morgan fingerprint density at radius 1 is 1.40 bits per heavy atom. The number of nitrogens with two attached hydrogens (primary N) is 1. The molecule has 6 nitrogen and oxygen atoms in total. The van der Waals surface area contributed by atoms with Crippen molar-refractivity contribution >= 4 is 20.8 Å². The molecule has 0 aliphatic rings. The van der Waals surface area contributed by atoms with Gasteiger partial charge in [0.2, 0.25) is 10.0 Å². The van der Waals surface area contributed by atoms with Crippen LogP contribution in [-0.4, -0.2) is 39.7 Å². The molecule has 0 saturated heterocycles. The lowest BCUT2D eigenvalue weighted by molar-refractivity contribution is 0.177. The van der Waals surface area contributed by atoms with Gasteiger partial charge < -0.3 is 10.5 Å². The maximum absolute atomic E-state index is 12.4. The fraction of sp³-hybridized carbons (Fsp3) is 0.308. The zero-order valence-electron chi connectivity index (χ0n) is 11.1. The zero-order chi connectivity index (χ0) is 14.6. The van der Waals surface area contributed by atoms with Crippen molar-refractivity contribution in [1.29, 1.82) is 0 Å². The number of aromatic nitrogens is 1. The van der Waals surface area contributed by atoms with Crippen LogP contribution < -0.4 is 10.5 Å². The summed E-state index contributed by atoms with van der Waals surface area (Å²) in [6.45, 7) is 0.390. The Hall–Kier alpha value is -1.54. The minimum Gasteiger partial charge on any atom is -0.383 e. The number of methoxy groups -OCH3 is 1. The van der Waals surface area contributed by atoms with Crippen LogP contribution in [0.15, 0.2) is 41.6 Å². The predicted molar refractivity (Wildman–Crippen MR) is 76.8 cm³/mol. The fourth-order valence-corrected chi connectivity index (χ4v) is 3.42. The highest BCUT2D eigenvalue weighted by molar-refractivity contribution is 7.89. The van der Waals surface area contributed by atoms with Crippen molar-refractivity contribution in [3.05, 3.63) is 36.7 Å². The first kappa shape index (κ1) is 14.9. The van der Waals surface area contributed by atoms with Gasteiger partial charge in [-0.15, -0.1) is 0 Å². The minimum atomic E-state index is -3.66. The maximum Gasteiger partial charge on any atom is 0.241 e. The van der Waals surface area contributed by atoms with Crippen LogP contribution in [0.4, 0.5) is 0 Å². The molecule has 0 saturated carbocycles. The second-order valence-corrected chi connectivity index (χ2v) is 6.04. The van der Waals surface area contributed by atoms with Crippen LogP contribution in [0.25, 0.3) is 10.8 Å². The van der Waals surface area contributed by atoms with E-state index in [4.69, 9.17) is 10.5 Å². The van der Waals surface area contributed by atoms with E-state index in [2.05, 4.69) is 9.71 Å². The Balaban J connectivity index is 2.41. The van der Waals surface area contributed by atoms with Gasteiger partial charge in [0.25, 0.3) is 0 Å². The number of fused-ring (bicyclic) bond motifs is 1. The smallest absolute Gasteiger partial charge is 0.241 e. The van der Waals surface area contributed by atoms with Crippen molar-refractivity contribution in [3.63, 3.8) is 0 Å². The van der Waals surface area contributed by atoms with Gasteiger partial charge in [-0.25, -0.2) is 13.1 Å². The number of rotatable bonds is 6. The van der Waals surface area contributed by atoms with E-state index in [1.807, 2.05) is 6.07 Å². The molecule has 3 N–H and O–H groups in total. The van der Waals surface area contributed by atoms with E-state index in [0.29, 0.717) is 5.39 Å². The van der Waals surface area contributed by atoms with Crippen molar-refractivity contribution in [2.24, 2.45) is 5.73 Å². The van der Waals surface area contributed by atoms with Crippen molar-refractivity contribution in [3.8, 4) is 0 Å². The summed E-state index contributed by atoms with van der Waals surface area (Å²) in [5.74, 6) is 0. The lowest BCUT2D eigenvalue weighted by Crippen LogP contribution is -2.43. The minimum absolute atomic E-state index is 0.166. The average molecular weight is 295 g/mol. The third kappa shape index (κ3) is 3.13. The number of nitrogens with zero attached hydrogens (tertiary/aromatic N) is 1. The number of nitrogens with one attached hydrogen (secondary N) is 1. The second kappa shape index (κ2) is 6.27. The summed E-state index contributed by atoms with van der Waals surface area (Å²) >= 11 is 0. The summed E-state index contributed by atoms with van der Waals surface area (Å²) < 4.78 is 32.4. The Labute approximate surface area is 118 Å². The summed E-state index contributed by atoms with van der Waals surface area (Å²) in [5.41, 5.74) is 5.54. The first-order valence-corrected chi connectivity index (χ1v) is 7.61. The molecule has 1 unspecified atom stereocenters. The molecular formula is C13H17N3O3S. The van der Waals surface area contributed by atoms with Gasteiger partial charge >= 0.3 is 0 Å². The Kier molecular flexibility index (Phi) is 4.66. The monoisotopic (exact) mass is 295 g/mol. The van der Waals surface area contributed by atoms with E-state index in [0.717, 1.165) is 5.39 Å². The summed E-state index contributed by atoms with van der Waals surface area (Å²) in [5, 5.41) is 1.40. The summed E-state index contributed by atoms with van der Waals surface area (Å²) in [4.78, 5) is 4.20. The Bertz CT molecular complexity index is 683. The lowest BCUT2D eigenvalue weighted by atomic mass is 10.2. The van der Waals surface area contributed by atoms with Crippen molar-refractivity contribution in [1.82, 2.24) is 9.71 Å². The summed E-state index contributed by atoms with van der Waals surface area (Å²) in [6.07, 6.45) is 3.20. The lowest BCUT2D eigenvalue weighted by Gasteiger charge is -2.16. The first-order valence-electron chi connectivity index (χ1n) is 6.12. The standard InChI is InChI=1S/C13H17N3O3S/c1-19-9-11(7-14)16-20(17,18)13-4-2-3-10-8-15-6-5-12(10)13/h2-6,8,11,16H,7,9,14H2,1H3. The molecule has 0 spiro atoms. The van der Waals surface area contributed by atoms with Crippen LogP contribution in [-0.2, 0) is 14.8 Å². The number of pyridine rings is 1. The van der Waals surface area contributed by atoms with Crippen molar-refractivity contribution in [2.45, 2.75) is 10.9 Å². The molecule has 0 amide bonds. The molecule has 2 rings (SSSR count). The maximum atomic E-state index is 12.4. The second-order valence-electron chi connectivity index (χ2n) is 4.36. The molecule has 1 atom stereocenters. The molecule has 7 heteroatoms. The molecule has 1 aromatic heterocycles. The summed E-state index contributed by atoms with van der Waals surface area (Å²) in [6, 6.07) is 6.29. The van der Waals surface area contributed by atoms with Crippen LogP contribution >= 0.6 is 0 Å². The fourth-order valence-electron chi connectivity index (χ4n) is 1.96. The molecule has 0 bridgehead atoms. The van der Waals surface area contributed by atoms with E-state index in [9.17, 15) is 8.42 Å². The molecule has 2 aromatic rings. The van der Waals surface area contributed by atoms with Gasteiger partial charge in [0.05, 0.1) is 17.5 Å². The van der Waals surface area contributed by atoms with Crippen LogP contribution in [0, 0.1) is 0 Å². The van der Waals surface area contributed by atoms with Crippen LogP contribution in [0.5, 0.6) is 0 Å². The summed E-state index contributed by atoms with van der Waals surface area (Å²) in [7, 11) is -2.16. The molecule has 0 fully saturated rings. The number of hydrogen-bond acceptors (Lipinski definition) is 5. The van der Waals surface area contributed by atoms with Gasteiger partial charge in [0.1, 0.15) is 0 Å². The highest BCUT2D eigenvalue weighted by atomic mass is 32.2. The molecule has 0 aliphatic carbocycles. The third-order valence-electron chi connectivity index (χ3n) is 2.90. The van der Waals surface area contributed by atoms with Gasteiger partial charge in [-0.3, -0.25) is 4.98 Å². The number of sulfonamides is 1. The van der Waals surface area contributed by atoms with E-state index >= 15 is 0 Å². The van der Waals surface area contributed by atoms with Gasteiger partial charge in [-0.05, 0) is 12.1 Å². The predicted octanol–water partition coefficient (Wildman–Crippen LogP) is 0.487. The molecule has 1 aromatic carbocycles. The Morgan fingerprint density at radius 2 is 2.20 bits per heavy atom. The molecule has 0 radical (unpaired) electrons. The van der Waals surface area contributed by atoms with Crippen LogP contribution in [0.3, 0.4) is 0 Å². The van der Waals surface area contributed by atoms with Crippen molar-refractivity contribution < 1.29 is 13.2 Å². The zero-order valence-corrected chi connectivity index (χ0v) is 11.9. The molecule has 1 heterocycles. The van der Waals surface area contributed by atoms with Crippen LogP contribution in [0.2, 0.25) is 0 Å². The highest BCUT2D eigenvalue weighted by Crippen LogP contribution is 2.21. The number of hydrogen-bond donors (Lipinski definition) is 2. The van der Waals surface area contributed by atoms with E-state index in [1.165, 1.54) is 7.11 Å².